The van der Waals surface area contributed by atoms with E-state index in [2.05, 4.69) is 5.87 Å². The lowest BCUT2D eigenvalue weighted by molar-refractivity contribution is -0.0891. The standard InChI is InChI=1S/C9H10F3IOS/c1-6-4-3-5-7(9(10,11)12)8(6)15(2,13)14/h3,5-6H,2,4H2,1H3. The molecule has 0 fully saturated rings. The zero-order chi connectivity index (χ0) is 11.9. The third-order valence-electron chi connectivity index (χ3n) is 2.12. The molecule has 1 rings (SSSR count). The van der Waals surface area contributed by atoms with Gasteiger partial charge in [-0.25, -0.2) is 0 Å². The molecule has 0 N–H and O–H groups in total. The van der Waals surface area contributed by atoms with Gasteiger partial charge in [0.25, 0.3) is 0 Å². The zero-order valence-corrected chi connectivity index (χ0v) is 10.9. The van der Waals surface area contributed by atoms with E-state index in [0.29, 0.717) is 6.42 Å². The number of halogens is 4. The molecule has 0 spiro atoms. The van der Waals surface area contributed by atoms with Gasteiger partial charge in [0.2, 0.25) is 0 Å². The second-order valence-electron chi connectivity index (χ2n) is 3.41. The van der Waals surface area contributed by atoms with Crippen molar-refractivity contribution in [1.29, 1.82) is 0 Å². The molecule has 1 aliphatic carbocycles. The highest BCUT2D eigenvalue weighted by molar-refractivity contribution is 14.2. The molecule has 1 nitrogen and oxygen atoms in total. The van der Waals surface area contributed by atoms with Crippen LogP contribution in [0.3, 0.4) is 0 Å². The minimum absolute atomic E-state index is 0.0712. The number of rotatable bonds is 1. The van der Waals surface area contributed by atoms with Crippen LogP contribution in [0.5, 0.6) is 0 Å². The van der Waals surface area contributed by atoms with Crippen LogP contribution >= 0.6 is 21.2 Å². The predicted octanol–water partition coefficient (Wildman–Crippen LogP) is 3.47. The van der Waals surface area contributed by atoms with E-state index in [1.54, 1.807) is 6.92 Å². The van der Waals surface area contributed by atoms with Crippen LogP contribution in [0.15, 0.2) is 22.6 Å². The Hall–Kier alpha value is 0.0200. The van der Waals surface area contributed by atoms with Crippen molar-refractivity contribution in [2.24, 2.45) is 5.92 Å². The van der Waals surface area contributed by atoms with Crippen LogP contribution in [0.4, 0.5) is 13.2 Å². The Morgan fingerprint density at radius 3 is 2.47 bits per heavy atom. The highest BCUT2D eigenvalue weighted by Crippen LogP contribution is 2.40. The van der Waals surface area contributed by atoms with Crippen molar-refractivity contribution < 1.29 is 17.4 Å². The fraction of sp³-hybridized carbons (Fsp3) is 0.444. The molecule has 0 amide bonds. The van der Waals surface area contributed by atoms with Gasteiger partial charge in [0.15, 0.2) is 0 Å². The summed E-state index contributed by atoms with van der Waals surface area (Å²) in [5.41, 5.74) is -0.796. The molecule has 0 bridgehead atoms. The van der Waals surface area contributed by atoms with Crippen LogP contribution < -0.4 is 0 Å². The first-order valence-corrected chi connectivity index (χ1v) is 8.46. The van der Waals surface area contributed by atoms with Crippen molar-refractivity contribution in [3.8, 4) is 0 Å². The molecule has 0 aromatic heterocycles. The largest absolute Gasteiger partial charge is 0.417 e. The molecule has 15 heavy (non-hydrogen) atoms. The van der Waals surface area contributed by atoms with Gasteiger partial charge in [0, 0.05) is 32.8 Å². The van der Waals surface area contributed by atoms with Crippen LogP contribution in [0.25, 0.3) is 0 Å². The predicted molar refractivity (Wildman–Crippen MR) is 65.3 cm³/mol. The van der Waals surface area contributed by atoms with Gasteiger partial charge >= 0.3 is 6.18 Å². The molecule has 0 aromatic rings. The van der Waals surface area contributed by atoms with E-state index in [4.69, 9.17) is 0 Å². The molecule has 1 aliphatic rings. The lowest BCUT2D eigenvalue weighted by atomic mass is 9.97. The van der Waals surface area contributed by atoms with Gasteiger partial charge in [-0.15, -0.1) is 0 Å². The molecular weight excluding hydrogens is 340 g/mol. The second-order valence-corrected chi connectivity index (χ2v) is 9.31. The summed E-state index contributed by atoms with van der Waals surface area (Å²) in [5, 5.41) is 0. The topological polar surface area (TPSA) is 17.1 Å². The molecule has 0 aromatic carbocycles. The van der Waals surface area contributed by atoms with Crippen LogP contribution in [-0.2, 0) is 6.69 Å². The Morgan fingerprint density at radius 2 is 2.13 bits per heavy atom. The monoisotopic (exact) mass is 350 g/mol. The maximum atomic E-state index is 12.6. The smallest absolute Gasteiger partial charge is 0.253 e. The van der Waals surface area contributed by atoms with Crippen molar-refractivity contribution in [3.63, 3.8) is 0 Å². The Bertz CT molecular complexity index is 417. The fourth-order valence-electron chi connectivity index (χ4n) is 1.54. The van der Waals surface area contributed by atoms with Crippen LogP contribution in [-0.4, -0.2) is 16.3 Å². The van der Waals surface area contributed by atoms with E-state index in [0.717, 1.165) is 6.08 Å². The van der Waals surface area contributed by atoms with Crippen molar-refractivity contribution >= 4 is 33.8 Å². The molecule has 0 radical (unpaired) electrons. The molecule has 0 heterocycles. The van der Waals surface area contributed by atoms with Gasteiger partial charge in [0.05, 0.1) is 5.57 Å². The zero-order valence-electron chi connectivity index (χ0n) is 7.97. The number of allylic oxidation sites excluding steroid dienone is 4. The number of alkyl halides is 3. The normalized spacial score (nSPS) is 26.6. The second kappa shape index (κ2) is 4.12. The van der Waals surface area contributed by atoms with E-state index < -0.39 is 18.4 Å². The third-order valence-corrected chi connectivity index (χ3v) is 4.82. The lowest BCUT2D eigenvalue weighted by Gasteiger charge is -2.23. The number of hydrogen-bond donors (Lipinski definition) is 0. The van der Waals surface area contributed by atoms with Crippen molar-refractivity contribution in [3.05, 3.63) is 22.6 Å². The highest BCUT2D eigenvalue weighted by atomic mass is 127. The van der Waals surface area contributed by atoms with Crippen LogP contribution in [0.2, 0.25) is 0 Å². The molecule has 0 saturated carbocycles. The fourth-order valence-corrected chi connectivity index (χ4v) is 4.77. The van der Waals surface area contributed by atoms with Crippen LogP contribution in [0.1, 0.15) is 13.3 Å². The quantitative estimate of drug-likeness (QED) is 0.402. The first kappa shape index (κ1) is 13.1. The average Bonchev–Trinajstić information content (AvgIpc) is 1.99. The summed E-state index contributed by atoms with van der Waals surface area (Å²) in [7, 11) is 0. The van der Waals surface area contributed by atoms with E-state index in [1.165, 1.54) is 27.3 Å². The summed E-state index contributed by atoms with van der Waals surface area (Å²) in [6, 6.07) is 0. The Balaban J connectivity index is 3.44. The summed E-state index contributed by atoms with van der Waals surface area (Å²) in [6.45, 7) is -1.20. The molecular formula is C9H10F3IOS. The van der Waals surface area contributed by atoms with Gasteiger partial charge in [-0.2, -0.15) is 13.2 Å². The lowest BCUT2D eigenvalue weighted by Crippen LogP contribution is -2.20. The summed E-state index contributed by atoms with van der Waals surface area (Å²) in [5.74, 6) is 2.96. The van der Waals surface area contributed by atoms with Crippen molar-refractivity contribution in [1.82, 2.24) is 0 Å². The molecule has 0 saturated heterocycles. The molecule has 2 unspecified atom stereocenters. The Labute approximate surface area is 99.0 Å². The first-order valence-electron chi connectivity index (χ1n) is 4.19. The summed E-state index contributed by atoms with van der Waals surface area (Å²) >= 11 is 1.49. The van der Waals surface area contributed by atoms with Gasteiger partial charge in [-0.05, 0) is 18.2 Å². The molecule has 6 heteroatoms. The van der Waals surface area contributed by atoms with Gasteiger partial charge in [-0.1, -0.05) is 19.1 Å². The molecule has 86 valence electrons. The van der Waals surface area contributed by atoms with Gasteiger partial charge in [-0.3, -0.25) is 4.21 Å². The van der Waals surface area contributed by atoms with Crippen molar-refractivity contribution in [2.45, 2.75) is 19.5 Å². The SMILES string of the molecule is C=S(=O)(I)C1=C(C(F)(F)F)C=CCC1C. The maximum absolute atomic E-state index is 12.6. The number of hydrogen-bond acceptors (Lipinski definition) is 1. The van der Waals surface area contributed by atoms with E-state index in [1.807, 2.05) is 0 Å². The van der Waals surface area contributed by atoms with E-state index >= 15 is 0 Å². The van der Waals surface area contributed by atoms with Crippen molar-refractivity contribution in [2.75, 3.05) is 0 Å². The summed E-state index contributed by atoms with van der Waals surface area (Å²) < 4.78 is 49.6. The highest BCUT2D eigenvalue weighted by Gasteiger charge is 2.38. The third kappa shape index (κ3) is 2.99. The molecule has 0 aliphatic heterocycles. The maximum Gasteiger partial charge on any atom is 0.417 e. The Kier molecular flexibility index (Phi) is 3.59. The van der Waals surface area contributed by atoms with Gasteiger partial charge < -0.3 is 0 Å². The minimum atomic E-state index is -4.45. The van der Waals surface area contributed by atoms with Crippen LogP contribution in [0, 0.1) is 5.92 Å². The van der Waals surface area contributed by atoms with E-state index in [9.17, 15) is 17.4 Å². The van der Waals surface area contributed by atoms with E-state index in [-0.39, 0.29) is 10.8 Å². The minimum Gasteiger partial charge on any atom is -0.253 e. The van der Waals surface area contributed by atoms with Gasteiger partial charge in [0.1, 0.15) is 0 Å². The first-order chi connectivity index (χ1) is 6.64. The summed E-state index contributed by atoms with van der Waals surface area (Å²) in [4.78, 5) is -0.0712. The average molecular weight is 350 g/mol. The Morgan fingerprint density at radius 1 is 1.60 bits per heavy atom. The summed E-state index contributed by atoms with van der Waals surface area (Å²) in [6.07, 6.45) is -1.52. The molecule has 2 atom stereocenters.